The maximum Gasteiger partial charge on any atom is 0.224 e. The largest absolute Gasteiger partial charge is 0.388 e. The van der Waals surface area contributed by atoms with Gasteiger partial charge in [-0.2, -0.15) is 0 Å². The summed E-state index contributed by atoms with van der Waals surface area (Å²) < 4.78 is 0. The number of carbonyl (C=O) groups excluding carboxylic acids is 1. The van der Waals surface area contributed by atoms with Crippen molar-refractivity contribution in [3.63, 3.8) is 0 Å². The van der Waals surface area contributed by atoms with Crippen molar-refractivity contribution >= 4 is 17.5 Å². The van der Waals surface area contributed by atoms with Gasteiger partial charge in [-0.05, 0) is 27.7 Å². The van der Waals surface area contributed by atoms with E-state index >= 15 is 0 Å². The molecule has 0 heterocycles. The first kappa shape index (κ1) is 13.7. The number of halogens is 1. The van der Waals surface area contributed by atoms with E-state index in [1.54, 1.807) is 34.6 Å². The van der Waals surface area contributed by atoms with Crippen LogP contribution in [0.4, 0.5) is 0 Å². The van der Waals surface area contributed by atoms with Crippen LogP contribution in [-0.4, -0.2) is 28.0 Å². The van der Waals surface area contributed by atoms with E-state index in [-0.39, 0.29) is 17.7 Å². The van der Waals surface area contributed by atoms with E-state index in [1.165, 1.54) is 0 Å². The molecule has 0 aromatic heterocycles. The van der Waals surface area contributed by atoms with Crippen molar-refractivity contribution < 1.29 is 9.90 Å². The highest BCUT2D eigenvalue weighted by atomic mass is 35.5. The highest BCUT2D eigenvalue weighted by Crippen LogP contribution is 2.21. The second kappa shape index (κ2) is 4.49. The molecule has 0 aliphatic heterocycles. The van der Waals surface area contributed by atoms with Gasteiger partial charge in [-0.1, -0.05) is 6.92 Å². The topological polar surface area (TPSA) is 49.3 Å². The minimum atomic E-state index is -0.964. The summed E-state index contributed by atoms with van der Waals surface area (Å²) in [5, 5.41) is 12.6. The summed E-state index contributed by atoms with van der Waals surface area (Å²) in [6, 6.07) is 0. The lowest BCUT2D eigenvalue weighted by Gasteiger charge is -2.38. The van der Waals surface area contributed by atoms with E-state index in [1.807, 2.05) is 0 Å². The van der Waals surface area contributed by atoms with E-state index in [9.17, 15) is 9.90 Å². The molecule has 1 unspecified atom stereocenters. The zero-order chi connectivity index (χ0) is 11.6. The molecule has 2 N–H and O–H groups in total. The Morgan fingerprint density at radius 3 is 2.14 bits per heavy atom. The summed E-state index contributed by atoms with van der Waals surface area (Å²) >= 11 is 5.57. The Balaban J connectivity index is 4.45. The predicted octanol–water partition coefficient (Wildman–Crippen LogP) is 1.53. The van der Waals surface area contributed by atoms with Crippen molar-refractivity contribution in [3.8, 4) is 0 Å². The van der Waals surface area contributed by atoms with Crippen LogP contribution in [0.3, 0.4) is 0 Å². The molecule has 0 saturated heterocycles. The number of aliphatic hydroxyl groups is 1. The predicted molar refractivity (Wildman–Crippen MR) is 58.4 cm³/mol. The molecule has 0 aromatic carbocycles. The quantitative estimate of drug-likeness (QED) is 0.708. The molecule has 0 bridgehead atoms. The molecule has 0 rings (SSSR count). The van der Waals surface area contributed by atoms with Gasteiger partial charge in [0.1, 0.15) is 0 Å². The minimum Gasteiger partial charge on any atom is -0.388 e. The number of alkyl halides is 1. The Bertz CT molecular complexity index is 209. The number of amides is 1. The maximum absolute atomic E-state index is 11.5. The van der Waals surface area contributed by atoms with Crippen molar-refractivity contribution in [1.29, 1.82) is 0 Å². The second-order valence-corrected chi connectivity index (χ2v) is 5.04. The highest BCUT2D eigenvalue weighted by molar-refractivity contribution is 6.19. The Labute approximate surface area is 90.8 Å². The van der Waals surface area contributed by atoms with Gasteiger partial charge < -0.3 is 10.4 Å². The Morgan fingerprint density at radius 2 is 1.86 bits per heavy atom. The van der Waals surface area contributed by atoms with Gasteiger partial charge in [0.25, 0.3) is 0 Å². The molecule has 1 atom stereocenters. The van der Waals surface area contributed by atoms with Crippen molar-refractivity contribution in [1.82, 2.24) is 5.32 Å². The fraction of sp³-hybridized carbons (Fsp3) is 0.900. The summed E-state index contributed by atoms with van der Waals surface area (Å²) in [5.41, 5.74) is -1.63. The van der Waals surface area contributed by atoms with Crippen LogP contribution in [0.15, 0.2) is 0 Å². The first-order valence-electron chi connectivity index (χ1n) is 4.72. The van der Waals surface area contributed by atoms with Gasteiger partial charge >= 0.3 is 0 Å². The Morgan fingerprint density at radius 1 is 1.43 bits per heavy atom. The van der Waals surface area contributed by atoms with Gasteiger partial charge in [-0.25, -0.2) is 0 Å². The molecule has 0 aromatic rings. The maximum atomic E-state index is 11.5. The first-order chi connectivity index (χ1) is 6.12. The van der Waals surface area contributed by atoms with Gasteiger partial charge in [0.15, 0.2) is 0 Å². The molecule has 0 spiro atoms. The van der Waals surface area contributed by atoms with Crippen molar-refractivity contribution in [2.24, 2.45) is 5.92 Å². The fourth-order valence-corrected chi connectivity index (χ4v) is 0.794. The summed E-state index contributed by atoms with van der Waals surface area (Å²) in [6.07, 6.45) is 0. The van der Waals surface area contributed by atoms with E-state index in [0.29, 0.717) is 0 Å². The molecule has 3 nitrogen and oxygen atoms in total. The van der Waals surface area contributed by atoms with Gasteiger partial charge in [0.05, 0.1) is 11.1 Å². The molecule has 0 radical (unpaired) electrons. The lowest BCUT2D eigenvalue weighted by Crippen LogP contribution is -2.58. The monoisotopic (exact) mass is 221 g/mol. The molecule has 0 fully saturated rings. The molecule has 1 amide bonds. The van der Waals surface area contributed by atoms with Crippen molar-refractivity contribution in [2.45, 2.75) is 45.8 Å². The molecule has 0 aliphatic rings. The van der Waals surface area contributed by atoms with Gasteiger partial charge in [-0.3, -0.25) is 4.79 Å². The number of carbonyl (C=O) groups is 1. The third-order valence-electron chi connectivity index (χ3n) is 2.64. The highest BCUT2D eigenvalue weighted by Gasteiger charge is 2.36. The molecule has 0 aliphatic carbocycles. The molecular formula is C10H20ClNO2. The standard InChI is InChI=1S/C10H20ClNO2/c1-7(6-11)8(13)12-9(2,3)10(4,5)14/h7,14H,6H2,1-5H3,(H,12,13). The van der Waals surface area contributed by atoms with Crippen LogP contribution in [0.25, 0.3) is 0 Å². The first-order valence-corrected chi connectivity index (χ1v) is 5.25. The van der Waals surface area contributed by atoms with Crippen LogP contribution >= 0.6 is 11.6 Å². The number of hydrogen-bond acceptors (Lipinski definition) is 2. The molecule has 0 saturated carbocycles. The van der Waals surface area contributed by atoms with E-state index in [0.717, 1.165) is 0 Å². The Kier molecular flexibility index (Phi) is 4.40. The molecule has 14 heavy (non-hydrogen) atoms. The zero-order valence-electron chi connectivity index (χ0n) is 9.52. The van der Waals surface area contributed by atoms with E-state index < -0.39 is 11.1 Å². The van der Waals surface area contributed by atoms with E-state index in [2.05, 4.69) is 5.32 Å². The number of nitrogens with one attached hydrogen (secondary N) is 1. The molecule has 4 heteroatoms. The molecule has 84 valence electrons. The van der Waals surface area contributed by atoms with Crippen molar-refractivity contribution in [2.75, 3.05) is 5.88 Å². The third kappa shape index (κ3) is 3.46. The smallest absolute Gasteiger partial charge is 0.224 e. The summed E-state index contributed by atoms with van der Waals surface area (Å²) in [5.74, 6) is -0.0845. The van der Waals surface area contributed by atoms with Crippen LogP contribution in [0.5, 0.6) is 0 Å². The minimum absolute atomic E-state index is 0.132. The zero-order valence-corrected chi connectivity index (χ0v) is 10.3. The lowest BCUT2D eigenvalue weighted by molar-refractivity contribution is -0.129. The van der Waals surface area contributed by atoms with Crippen LogP contribution in [-0.2, 0) is 4.79 Å². The Hall–Kier alpha value is -0.280. The summed E-state index contributed by atoms with van der Waals surface area (Å²) in [7, 11) is 0. The number of hydrogen-bond donors (Lipinski definition) is 2. The number of rotatable bonds is 4. The van der Waals surface area contributed by atoms with Gasteiger partial charge in [0.2, 0.25) is 5.91 Å². The van der Waals surface area contributed by atoms with Gasteiger partial charge in [0, 0.05) is 11.8 Å². The SMILES string of the molecule is CC(CCl)C(=O)NC(C)(C)C(C)(C)O. The molecular weight excluding hydrogens is 202 g/mol. The van der Waals surface area contributed by atoms with Crippen LogP contribution in [0.1, 0.15) is 34.6 Å². The van der Waals surface area contributed by atoms with Gasteiger partial charge in [-0.15, -0.1) is 11.6 Å². The van der Waals surface area contributed by atoms with Crippen LogP contribution < -0.4 is 5.32 Å². The lowest BCUT2D eigenvalue weighted by atomic mass is 9.85. The summed E-state index contributed by atoms with van der Waals surface area (Å²) in [6.45, 7) is 8.65. The fourth-order valence-electron chi connectivity index (χ4n) is 0.654. The second-order valence-electron chi connectivity index (χ2n) is 4.73. The summed E-state index contributed by atoms with van der Waals surface area (Å²) in [4.78, 5) is 11.5. The third-order valence-corrected chi connectivity index (χ3v) is 3.11. The van der Waals surface area contributed by atoms with Crippen LogP contribution in [0, 0.1) is 5.92 Å². The van der Waals surface area contributed by atoms with Crippen molar-refractivity contribution in [3.05, 3.63) is 0 Å². The normalized spacial score (nSPS) is 15.1. The average Bonchev–Trinajstić information content (AvgIpc) is 2.00. The van der Waals surface area contributed by atoms with Crippen LogP contribution in [0.2, 0.25) is 0 Å². The van der Waals surface area contributed by atoms with E-state index in [4.69, 9.17) is 11.6 Å². The average molecular weight is 222 g/mol.